The lowest BCUT2D eigenvalue weighted by molar-refractivity contribution is -0.870. The number of nitro groups is 1. The number of aromatic nitrogens is 2. The fourth-order valence-corrected chi connectivity index (χ4v) is 6.63. The van der Waals surface area contributed by atoms with Gasteiger partial charge < -0.3 is 55.6 Å². The number of carbonyl (C=O) groups excluding carboxylic acids is 6. The normalized spacial score (nSPS) is 11.8. The average Bonchev–Trinajstić information content (AvgIpc) is 3.30. The molecule has 0 bridgehead atoms. The number of nitrogens with one attached hydrogen (secondary N) is 7. The molecule has 0 aliphatic carbocycles. The van der Waals surface area contributed by atoms with Gasteiger partial charge in [0.2, 0.25) is 35.4 Å². The van der Waals surface area contributed by atoms with Gasteiger partial charge in [0.25, 0.3) is 13.7 Å². The highest BCUT2D eigenvalue weighted by atomic mass is 31.2. The number of rotatable bonds is 24. The molecule has 0 aliphatic rings. The number of likely N-dealkylation sites (N-methyl/N-ethyl adjacent to an activating group) is 1. The molecule has 0 aliphatic heterocycles. The molecular weight excluding hydrogens is 918 g/mol. The maximum atomic E-state index is 13.8. The van der Waals surface area contributed by atoms with E-state index in [0.717, 1.165) is 6.20 Å². The van der Waals surface area contributed by atoms with E-state index in [1.54, 1.807) is 66.7 Å². The molecule has 5 aromatic rings. The van der Waals surface area contributed by atoms with Crippen LogP contribution in [0.15, 0.2) is 103 Å². The van der Waals surface area contributed by atoms with Gasteiger partial charge in [-0.2, -0.15) is 4.98 Å². The monoisotopic (exact) mass is 967 g/mol. The molecule has 0 radical (unpaired) electrons. The number of hydrogen-bond donors (Lipinski definition) is 7. The third-order valence-electron chi connectivity index (χ3n) is 9.43. The van der Waals surface area contributed by atoms with Crippen molar-refractivity contribution >= 4 is 83.3 Å². The van der Waals surface area contributed by atoms with Gasteiger partial charge >= 0.3 is 5.69 Å². The minimum atomic E-state index is -4.47. The minimum absolute atomic E-state index is 0.000519. The van der Waals surface area contributed by atoms with Crippen LogP contribution in [-0.4, -0.2) is 115 Å². The lowest BCUT2D eigenvalue weighted by atomic mass is 10.0. The van der Waals surface area contributed by atoms with Crippen molar-refractivity contribution in [2.75, 3.05) is 81.8 Å². The molecule has 1 heterocycles. The predicted molar refractivity (Wildman–Crippen MR) is 252 cm³/mol. The zero-order valence-corrected chi connectivity index (χ0v) is 38.8. The van der Waals surface area contributed by atoms with Gasteiger partial charge in [-0.05, 0) is 66.6 Å². The summed E-state index contributed by atoms with van der Waals surface area (Å²) in [4.78, 5) is 107. The molecule has 4 aromatic carbocycles. The van der Waals surface area contributed by atoms with E-state index in [1.807, 2.05) is 21.1 Å². The first-order valence-electron chi connectivity index (χ1n) is 21.0. The van der Waals surface area contributed by atoms with E-state index in [9.17, 15) is 48.3 Å². The van der Waals surface area contributed by atoms with Crippen molar-refractivity contribution in [2.45, 2.75) is 13.3 Å². The summed E-state index contributed by atoms with van der Waals surface area (Å²) >= 11 is 0. The summed E-state index contributed by atoms with van der Waals surface area (Å²) in [6, 6.07) is 25.1. The maximum absolute atomic E-state index is 13.8. The van der Waals surface area contributed by atoms with Gasteiger partial charge in [-0.25, -0.2) is 4.98 Å². The van der Waals surface area contributed by atoms with Crippen LogP contribution >= 0.6 is 7.82 Å². The Balaban J connectivity index is 1.12. The van der Waals surface area contributed by atoms with Gasteiger partial charge in [0.1, 0.15) is 19.3 Å². The third kappa shape index (κ3) is 17.3. The van der Waals surface area contributed by atoms with Crippen LogP contribution in [0.25, 0.3) is 0 Å². The lowest BCUT2D eigenvalue weighted by Crippen LogP contribution is -2.43. The van der Waals surface area contributed by atoms with E-state index >= 15 is 0 Å². The second-order valence-electron chi connectivity index (χ2n) is 16.0. The number of benzene rings is 4. The topological polar surface area (TPSA) is 314 Å². The number of quaternary nitrogens is 1. The van der Waals surface area contributed by atoms with Gasteiger partial charge in [0.15, 0.2) is 5.78 Å². The van der Waals surface area contributed by atoms with E-state index in [4.69, 9.17) is 9.05 Å². The Kier molecular flexibility index (Phi) is 18.2. The van der Waals surface area contributed by atoms with E-state index in [0.29, 0.717) is 28.0 Å². The highest BCUT2D eigenvalue weighted by molar-refractivity contribution is 7.45. The summed E-state index contributed by atoms with van der Waals surface area (Å²) in [6.07, 6.45) is 1.22. The molecule has 362 valence electrons. The van der Waals surface area contributed by atoms with Crippen molar-refractivity contribution in [3.63, 3.8) is 0 Å². The molecule has 0 spiro atoms. The number of anilines is 6. The molecule has 24 heteroatoms. The fourth-order valence-electron chi connectivity index (χ4n) is 5.93. The van der Waals surface area contributed by atoms with Crippen molar-refractivity contribution in [1.29, 1.82) is 0 Å². The average molecular weight is 968 g/mol. The molecule has 5 amide bonds. The number of hydrogen-bond acceptors (Lipinski definition) is 16. The number of ketones is 1. The van der Waals surface area contributed by atoms with Crippen LogP contribution in [0.4, 0.5) is 40.2 Å². The molecule has 1 unspecified atom stereocenters. The Morgan fingerprint density at radius 3 is 1.96 bits per heavy atom. The van der Waals surface area contributed by atoms with Crippen molar-refractivity contribution in [3.05, 3.63) is 136 Å². The first-order chi connectivity index (χ1) is 32.7. The molecule has 5 rings (SSSR count). The van der Waals surface area contributed by atoms with E-state index in [1.165, 1.54) is 37.3 Å². The number of phosphoric acid groups is 1. The highest BCUT2D eigenvalue weighted by Crippen LogP contribution is 2.38. The molecular formula is C45H50N11O12P. The summed E-state index contributed by atoms with van der Waals surface area (Å²) in [7, 11) is 1.22. The smallest absolute Gasteiger partial charge is 0.329 e. The first-order valence-corrected chi connectivity index (χ1v) is 22.5. The standard InChI is InChI=1S/C45H50N11O12P/c1-29(57)50-33-14-16-34(17-15-33)52-45-49-25-38(55(63)64)43(54-45)53-37-19-18-35(24-36(37)42(61)31-8-6-5-7-9-31)51-41(60)28-47-39(58)26-46-40(59)27-48-44(62)32-12-10-30(11-13-32)20-22-67-69(65,66)68-23-21-56(2,3)4/h5-19,24-25H,20-23,26-28H2,1-4H3,(H7-,46,47,48,49,50,51,52,53,54,57,58,59,60,61,62,65,66). The van der Waals surface area contributed by atoms with Crippen LogP contribution < -0.4 is 42.1 Å². The molecule has 1 aromatic heterocycles. The van der Waals surface area contributed by atoms with Gasteiger partial charge in [-0.3, -0.25) is 43.4 Å². The quantitative estimate of drug-likeness (QED) is 0.0153. The van der Waals surface area contributed by atoms with Gasteiger partial charge in [0.05, 0.1) is 58.0 Å². The zero-order valence-electron chi connectivity index (χ0n) is 37.9. The third-order valence-corrected chi connectivity index (χ3v) is 10.4. The fraction of sp³-hybridized carbons (Fsp3) is 0.244. The Morgan fingerprint density at radius 2 is 1.32 bits per heavy atom. The van der Waals surface area contributed by atoms with Crippen LogP contribution in [0.3, 0.4) is 0 Å². The second kappa shape index (κ2) is 24.2. The second-order valence-corrected chi connectivity index (χ2v) is 17.4. The molecule has 0 saturated carbocycles. The zero-order chi connectivity index (χ0) is 50.1. The molecule has 0 saturated heterocycles. The molecule has 23 nitrogen and oxygen atoms in total. The summed E-state index contributed by atoms with van der Waals surface area (Å²) in [5.41, 5.74) is 1.95. The Labute approximate surface area is 395 Å². The van der Waals surface area contributed by atoms with E-state index in [2.05, 4.69) is 47.2 Å². The van der Waals surface area contributed by atoms with Crippen molar-refractivity contribution in [1.82, 2.24) is 25.9 Å². The van der Waals surface area contributed by atoms with Crippen molar-refractivity contribution in [2.24, 2.45) is 0 Å². The van der Waals surface area contributed by atoms with Gasteiger partial charge in [0, 0.05) is 40.7 Å². The van der Waals surface area contributed by atoms with Crippen LogP contribution in [-0.2, 0) is 39.2 Å². The van der Waals surface area contributed by atoms with Gasteiger partial charge in [-0.15, -0.1) is 0 Å². The van der Waals surface area contributed by atoms with Crippen LogP contribution in [0.5, 0.6) is 0 Å². The Morgan fingerprint density at radius 1 is 0.710 bits per heavy atom. The van der Waals surface area contributed by atoms with Crippen LogP contribution in [0.2, 0.25) is 0 Å². The number of nitrogens with zero attached hydrogens (tertiary/aromatic N) is 4. The molecule has 7 N–H and O–H groups in total. The van der Waals surface area contributed by atoms with E-state index < -0.39 is 67.5 Å². The lowest BCUT2D eigenvalue weighted by Gasteiger charge is -2.27. The highest BCUT2D eigenvalue weighted by Gasteiger charge is 2.22. The molecule has 0 fully saturated rings. The SMILES string of the molecule is CC(=O)Nc1ccc(Nc2ncc([N+](=O)[O-])c(Nc3ccc(NC(=O)CNC(=O)CNC(=O)CNC(=O)c4ccc(CCOP(=O)([O-])OCC[N+](C)(C)C)cc4)cc3C(=O)c3ccccc3)n2)cc1. The first kappa shape index (κ1) is 52.0. The summed E-state index contributed by atoms with van der Waals surface area (Å²) in [6.45, 7) is 0.137. The summed E-state index contributed by atoms with van der Waals surface area (Å²) in [5, 5.41) is 30.2. The van der Waals surface area contributed by atoms with Crippen LogP contribution in [0.1, 0.15) is 38.8 Å². The summed E-state index contributed by atoms with van der Waals surface area (Å²) < 4.78 is 22.3. The number of phosphoric ester groups is 1. The number of amides is 5. The Hall–Kier alpha value is -7.95. The molecule has 69 heavy (non-hydrogen) atoms. The van der Waals surface area contributed by atoms with Gasteiger partial charge in [-0.1, -0.05) is 42.5 Å². The minimum Gasteiger partial charge on any atom is -0.756 e. The largest absolute Gasteiger partial charge is 0.756 e. The van der Waals surface area contributed by atoms with Crippen molar-refractivity contribution < 1.29 is 56.7 Å². The van der Waals surface area contributed by atoms with Crippen LogP contribution in [0, 0.1) is 10.1 Å². The van der Waals surface area contributed by atoms with E-state index in [-0.39, 0.29) is 65.4 Å². The summed E-state index contributed by atoms with van der Waals surface area (Å²) in [5.74, 6) is -3.75. The maximum Gasteiger partial charge on any atom is 0.329 e. The predicted octanol–water partition coefficient (Wildman–Crippen LogP) is 3.41. The number of carbonyl (C=O) groups is 6. The van der Waals surface area contributed by atoms with Crippen molar-refractivity contribution in [3.8, 4) is 0 Å². The Bertz CT molecular complexity index is 2720. The molecule has 1 atom stereocenters.